The Morgan fingerprint density at radius 2 is 1.58 bits per heavy atom. The number of allylic oxidation sites excluding steroid dienone is 2. The first-order chi connectivity index (χ1) is 28.4. The first-order valence-electron chi connectivity index (χ1n) is 18.2. The molecule has 310 valence electrons. The Labute approximate surface area is 347 Å². The first kappa shape index (κ1) is 40.4. The Kier molecular flexibility index (Phi) is 9.74. The van der Waals surface area contributed by atoms with Gasteiger partial charge in [-0.2, -0.15) is 18.2 Å². The predicted octanol–water partition coefficient (Wildman–Crippen LogP) is 6.72. The molecular formula is C41H31Cl2F3N4O10. The van der Waals surface area contributed by atoms with Gasteiger partial charge in [0.25, 0.3) is 11.8 Å². The third-order valence-corrected chi connectivity index (χ3v) is 12.4. The van der Waals surface area contributed by atoms with E-state index in [-0.39, 0.29) is 51.9 Å². The summed E-state index contributed by atoms with van der Waals surface area (Å²) in [4.78, 5) is 75.6. The maximum atomic E-state index is 15.5. The van der Waals surface area contributed by atoms with Crippen molar-refractivity contribution in [1.29, 1.82) is 0 Å². The number of hydrogen-bond acceptors (Lipinski definition) is 11. The zero-order valence-corrected chi connectivity index (χ0v) is 32.7. The number of aromatic nitrogens is 1. The van der Waals surface area contributed by atoms with Gasteiger partial charge in [0.05, 0.1) is 53.7 Å². The number of carboxylic acids is 1. The van der Waals surface area contributed by atoms with E-state index in [1.54, 1.807) is 18.2 Å². The number of phenols is 2. The minimum Gasteiger partial charge on any atom is -0.508 e. The molecule has 60 heavy (non-hydrogen) atoms. The number of rotatable bonds is 8. The van der Waals surface area contributed by atoms with Gasteiger partial charge in [-0.3, -0.25) is 24.6 Å². The molecule has 14 nitrogen and oxygen atoms in total. The summed E-state index contributed by atoms with van der Waals surface area (Å²) in [6.45, 7) is 0. The fourth-order valence-corrected chi connectivity index (χ4v) is 9.74. The SMILES string of the molecule is COc1cc(O)cc(OC)c1[C@H]1C2=CC[C@@H]3C(=O)N(c4ccc(C(=O)O)c(O)c4)C(=O)[C@@H]3[C@@H]2C[C@H]2C(=O)N(Nc3ncc(C(F)(F)F)cc3Cl)C(=O)[C@@]12c1ccc(Cl)cc1. The van der Waals surface area contributed by atoms with E-state index in [1.807, 2.05) is 0 Å². The number of benzene rings is 3. The fourth-order valence-electron chi connectivity index (χ4n) is 9.40. The van der Waals surface area contributed by atoms with Gasteiger partial charge >= 0.3 is 12.1 Å². The number of fused-ring (bicyclic) bond motifs is 4. The zero-order chi connectivity index (χ0) is 43.2. The summed E-state index contributed by atoms with van der Waals surface area (Å²) in [5.41, 5.74) is -0.240. The standard InChI is InChI=1S/C41H31Cl2F3N4O10/c1-59-29-13-21(51)14-30(60-2)32(29)33-22-9-10-24-31(37(55)49(35(24)53)20-7-8-23(38(56)57)28(52)12-20)25(22)15-26-36(54)50(39(58)40(26,33)17-3-5-19(42)6-4-17)48-34-27(43)11-18(16-47-34)41(44,45)46/h3-9,11-14,16,24-26,31,33,51-52H,10,15H2,1-2H3,(H,47,48)(H,56,57)/t24-,25+,26-,31-,33+,40+/m0/s1. The van der Waals surface area contributed by atoms with Crippen LogP contribution in [0.3, 0.4) is 0 Å². The van der Waals surface area contributed by atoms with E-state index >= 15 is 9.59 Å². The Hall–Kier alpha value is -6.33. The van der Waals surface area contributed by atoms with E-state index in [9.17, 15) is 42.9 Å². The summed E-state index contributed by atoms with van der Waals surface area (Å²) in [5, 5.41) is 31.0. The molecule has 1 aromatic heterocycles. The normalized spacial score (nSPS) is 24.8. The lowest BCUT2D eigenvalue weighted by Crippen LogP contribution is -2.53. The summed E-state index contributed by atoms with van der Waals surface area (Å²) < 4.78 is 52.3. The maximum absolute atomic E-state index is 15.5. The van der Waals surface area contributed by atoms with Crippen LogP contribution in [0.5, 0.6) is 23.0 Å². The molecule has 3 fully saturated rings. The van der Waals surface area contributed by atoms with Crippen LogP contribution in [0, 0.1) is 23.7 Å². The van der Waals surface area contributed by atoms with Crippen LogP contribution in [0.2, 0.25) is 10.0 Å². The van der Waals surface area contributed by atoms with Crippen LogP contribution in [0.15, 0.2) is 78.5 Å². The van der Waals surface area contributed by atoms with E-state index in [2.05, 4.69) is 10.4 Å². The highest BCUT2D eigenvalue weighted by atomic mass is 35.5. The van der Waals surface area contributed by atoms with Crippen LogP contribution in [-0.4, -0.2) is 69.1 Å². The Bertz CT molecular complexity index is 2550. The molecule has 1 saturated carbocycles. The van der Waals surface area contributed by atoms with Crippen molar-refractivity contribution in [2.24, 2.45) is 23.7 Å². The zero-order valence-electron chi connectivity index (χ0n) is 31.2. The van der Waals surface area contributed by atoms with Gasteiger partial charge in [0.2, 0.25) is 11.8 Å². The summed E-state index contributed by atoms with van der Waals surface area (Å²) >= 11 is 12.6. The molecule has 6 atom stereocenters. The second kappa shape index (κ2) is 14.4. The molecule has 3 heterocycles. The second-order valence-electron chi connectivity index (χ2n) is 14.7. The molecule has 19 heteroatoms. The molecule has 4 aromatic rings. The number of halogens is 5. The van der Waals surface area contributed by atoms with Crippen LogP contribution in [0.25, 0.3) is 0 Å². The summed E-state index contributed by atoms with van der Waals surface area (Å²) in [5.74, 6) is -11.6. The van der Waals surface area contributed by atoms with E-state index in [1.165, 1.54) is 44.6 Å². The number of aromatic hydroxyl groups is 2. The van der Waals surface area contributed by atoms with Gasteiger partial charge in [0.1, 0.15) is 28.6 Å². The predicted molar refractivity (Wildman–Crippen MR) is 206 cm³/mol. The van der Waals surface area contributed by atoms with Crippen molar-refractivity contribution in [3.05, 3.63) is 111 Å². The molecule has 0 unspecified atom stereocenters. The van der Waals surface area contributed by atoms with Crippen molar-refractivity contribution in [3.8, 4) is 23.0 Å². The third kappa shape index (κ3) is 6.00. The highest BCUT2D eigenvalue weighted by Crippen LogP contribution is 2.66. The number of carbonyl (C=O) groups excluding carboxylic acids is 4. The number of imide groups is 2. The molecule has 4 amide bonds. The molecule has 0 spiro atoms. The van der Waals surface area contributed by atoms with Crippen molar-refractivity contribution < 1.29 is 61.9 Å². The van der Waals surface area contributed by atoms with Crippen molar-refractivity contribution in [3.63, 3.8) is 0 Å². The second-order valence-corrected chi connectivity index (χ2v) is 15.5. The Balaban J connectivity index is 1.34. The largest absolute Gasteiger partial charge is 0.508 e. The number of phenolic OH excluding ortho intramolecular Hbond substituents is 1. The summed E-state index contributed by atoms with van der Waals surface area (Å²) in [6.07, 6.45) is -2.86. The Morgan fingerprint density at radius 3 is 2.17 bits per heavy atom. The number of nitrogens with one attached hydrogen (secondary N) is 1. The quantitative estimate of drug-likeness (QED) is 0.108. The molecular weight excluding hydrogens is 836 g/mol. The number of amides is 4. The third-order valence-electron chi connectivity index (χ3n) is 11.8. The van der Waals surface area contributed by atoms with Gasteiger partial charge in [-0.05, 0) is 54.7 Å². The lowest BCUT2D eigenvalue weighted by molar-refractivity contribution is -0.139. The van der Waals surface area contributed by atoms with Gasteiger partial charge in [-0.25, -0.2) is 14.7 Å². The lowest BCUT2D eigenvalue weighted by atomic mass is 9.49. The molecule has 2 aliphatic heterocycles. The Morgan fingerprint density at radius 1 is 0.917 bits per heavy atom. The molecule has 8 rings (SSSR count). The van der Waals surface area contributed by atoms with Crippen molar-refractivity contribution in [2.75, 3.05) is 24.5 Å². The molecule has 0 radical (unpaired) electrons. The number of methoxy groups -OCH3 is 2. The molecule has 4 aliphatic rings. The summed E-state index contributed by atoms with van der Waals surface area (Å²) in [7, 11) is 2.62. The van der Waals surface area contributed by atoms with Gasteiger partial charge < -0.3 is 24.8 Å². The van der Waals surface area contributed by atoms with E-state index in [4.69, 9.17) is 32.7 Å². The van der Waals surface area contributed by atoms with Gasteiger partial charge in [0.15, 0.2) is 5.82 Å². The highest BCUT2D eigenvalue weighted by molar-refractivity contribution is 6.33. The number of carbonyl (C=O) groups is 5. The van der Waals surface area contributed by atoms with E-state index in [0.717, 1.165) is 17.0 Å². The number of aromatic carboxylic acids is 1. The van der Waals surface area contributed by atoms with E-state index in [0.29, 0.717) is 22.8 Å². The molecule has 4 N–H and O–H groups in total. The molecule has 0 bridgehead atoms. The number of alkyl halides is 3. The number of nitrogens with zero attached hydrogens (tertiary/aromatic N) is 3. The van der Waals surface area contributed by atoms with E-state index < -0.39 is 98.5 Å². The van der Waals surface area contributed by atoms with Gasteiger partial charge in [-0.1, -0.05) is 47.0 Å². The minimum absolute atomic E-state index is 0.0242. The molecule has 2 aliphatic carbocycles. The average molecular weight is 868 g/mol. The van der Waals surface area contributed by atoms with Crippen LogP contribution >= 0.6 is 23.2 Å². The van der Waals surface area contributed by atoms with Crippen LogP contribution in [0.4, 0.5) is 24.7 Å². The minimum atomic E-state index is -4.81. The van der Waals surface area contributed by atoms with Crippen LogP contribution in [-0.2, 0) is 30.8 Å². The number of carboxylic acid groups (broad SMARTS) is 1. The average Bonchev–Trinajstić information content (AvgIpc) is 3.58. The topological polar surface area (TPSA) is 196 Å². The van der Waals surface area contributed by atoms with Crippen LogP contribution in [0.1, 0.15) is 45.8 Å². The lowest BCUT2D eigenvalue weighted by Gasteiger charge is -2.51. The van der Waals surface area contributed by atoms with Crippen molar-refractivity contribution >= 4 is 64.3 Å². The van der Waals surface area contributed by atoms with Crippen molar-refractivity contribution in [1.82, 2.24) is 9.99 Å². The first-order valence-corrected chi connectivity index (χ1v) is 18.9. The number of hydrazine groups is 1. The van der Waals surface area contributed by atoms with Gasteiger partial charge in [0, 0.05) is 40.9 Å². The maximum Gasteiger partial charge on any atom is 0.417 e. The molecule has 3 aromatic carbocycles. The van der Waals surface area contributed by atoms with Crippen molar-refractivity contribution in [2.45, 2.75) is 30.4 Å². The van der Waals surface area contributed by atoms with Crippen LogP contribution < -0.4 is 19.8 Å². The highest BCUT2D eigenvalue weighted by Gasteiger charge is 2.71. The monoisotopic (exact) mass is 866 g/mol. The summed E-state index contributed by atoms with van der Waals surface area (Å²) in [6, 6.07) is 12.5. The number of pyridine rings is 1. The number of ether oxygens (including phenoxy) is 2. The fraction of sp³-hybridized carbons (Fsp3) is 0.268. The number of anilines is 2. The van der Waals surface area contributed by atoms with Gasteiger partial charge in [-0.15, -0.1) is 0 Å². The number of hydrogen-bond donors (Lipinski definition) is 4. The molecule has 2 saturated heterocycles. The smallest absolute Gasteiger partial charge is 0.417 e.